The molecule has 4 rings (SSSR count). The van der Waals surface area contributed by atoms with Crippen molar-refractivity contribution in [3.05, 3.63) is 75.7 Å². The number of rotatable bonds is 7. The topological polar surface area (TPSA) is 69.9 Å². The maximum Gasteiger partial charge on any atom is 0.335 e. The van der Waals surface area contributed by atoms with Crippen LogP contribution in [-0.4, -0.2) is 33.3 Å². The number of fused-ring (bicyclic) bond motifs is 1. The molecular weight excluding hydrogens is 438 g/mol. The van der Waals surface area contributed by atoms with Crippen LogP contribution in [0.3, 0.4) is 0 Å². The first kappa shape index (κ1) is 22.4. The summed E-state index contributed by atoms with van der Waals surface area (Å²) in [5, 5.41) is 22.0. The Morgan fingerprint density at radius 3 is 2.69 bits per heavy atom. The number of thiophene rings is 1. The van der Waals surface area contributed by atoms with Crippen LogP contribution in [0.2, 0.25) is 0 Å². The average Bonchev–Trinajstić information content (AvgIpc) is 3.18. The molecule has 32 heavy (non-hydrogen) atoms. The largest absolute Gasteiger partial charge is 0.506 e. The molecule has 4 nitrogen and oxygen atoms in total. The Balaban J connectivity index is 1.46. The van der Waals surface area contributed by atoms with E-state index in [4.69, 9.17) is 17.3 Å². The van der Waals surface area contributed by atoms with Gasteiger partial charge in [0.2, 0.25) is 0 Å². The fourth-order valence-electron chi connectivity index (χ4n) is 4.08. The van der Waals surface area contributed by atoms with E-state index in [1.807, 2.05) is 18.4 Å². The lowest BCUT2D eigenvalue weighted by Crippen LogP contribution is -2.07. The van der Waals surface area contributed by atoms with Gasteiger partial charge in [0.25, 0.3) is 0 Å². The lowest BCUT2D eigenvalue weighted by Gasteiger charge is -2.16. The van der Waals surface area contributed by atoms with E-state index in [9.17, 15) is 9.90 Å². The third-order valence-corrected chi connectivity index (χ3v) is 7.12. The van der Waals surface area contributed by atoms with Crippen LogP contribution < -0.4 is 0 Å². The normalized spacial score (nSPS) is 13.6. The summed E-state index contributed by atoms with van der Waals surface area (Å²) in [7, 11) is 0. The Kier molecular flexibility index (Phi) is 6.82. The second kappa shape index (κ2) is 9.76. The molecule has 0 aliphatic heterocycles. The molecule has 1 aliphatic rings. The Bertz CT molecular complexity index is 1210. The number of aromatic hydroxyl groups is 1. The smallest absolute Gasteiger partial charge is 0.335 e. The number of hydrogen-bond acceptors (Lipinski definition) is 5. The van der Waals surface area contributed by atoms with Crippen molar-refractivity contribution >= 4 is 40.1 Å². The fourth-order valence-corrected chi connectivity index (χ4v) is 5.31. The number of benzene rings is 2. The summed E-state index contributed by atoms with van der Waals surface area (Å²) in [5.74, 6) is -0.679. The summed E-state index contributed by atoms with van der Waals surface area (Å²) >= 11 is 7.00. The number of carbonyl (C=O) groups is 1. The minimum absolute atomic E-state index is 0.253. The second-order valence-corrected chi connectivity index (χ2v) is 9.60. The molecule has 0 spiro atoms. The van der Waals surface area contributed by atoms with Crippen LogP contribution >= 0.6 is 23.6 Å². The molecule has 0 unspecified atom stereocenters. The number of hydrogen-bond donors (Lipinski definition) is 2. The van der Waals surface area contributed by atoms with E-state index in [1.165, 1.54) is 35.3 Å². The third kappa shape index (κ3) is 4.97. The first-order valence-electron chi connectivity index (χ1n) is 10.7. The van der Waals surface area contributed by atoms with Crippen LogP contribution in [0.15, 0.2) is 52.8 Å². The zero-order valence-electron chi connectivity index (χ0n) is 17.9. The Morgan fingerprint density at radius 2 is 1.91 bits per heavy atom. The van der Waals surface area contributed by atoms with Gasteiger partial charge in [-0.25, -0.2) is 4.79 Å². The number of aliphatic imine (C=N–C) groups is 1. The van der Waals surface area contributed by atoms with Crippen LogP contribution in [0, 0.1) is 0 Å². The molecule has 0 atom stereocenters. The molecule has 0 saturated heterocycles. The maximum atomic E-state index is 11.1. The number of carboxylic acids is 1. The fraction of sp³-hybridized carbons (Fsp3) is 0.269. The first-order valence-corrected chi connectivity index (χ1v) is 12.0. The second-order valence-electron chi connectivity index (χ2n) is 8.14. The highest BCUT2D eigenvalue weighted by Gasteiger charge is 2.17. The lowest BCUT2D eigenvalue weighted by molar-refractivity contribution is 0.0696. The monoisotopic (exact) mass is 463 g/mol. The van der Waals surface area contributed by atoms with Gasteiger partial charge in [0, 0.05) is 27.9 Å². The summed E-state index contributed by atoms with van der Waals surface area (Å²) in [6.45, 7) is 2.23. The van der Waals surface area contributed by atoms with Crippen molar-refractivity contribution in [2.45, 2.75) is 39.0 Å². The van der Waals surface area contributed by atoms with Gasteiger partial charge < -0.3 is 10.2 Å². The van der Waals surface area contributed by atoms with E-state index in [-0.39, 0.29) is 11.3 Å². The summed E-state index contributed by atoms with van der Waals surface area (Å²) in [6, 6.07) is 13.3. The van der Waals surface area contributed by atoms with E-state index in [0.717, 1.165) is 45.0 Å². The van der Waals surface area contributed by atoms with Crippen molar-refractivity contribution < 1.29 is 15.0 Å². The predicted molar refractivity (Wildman–Crippen MR) is 135 cm³/mol. The van der Waals surface area contributed by atoms with Crippen LogP contribution in [0.5, 0.6) is 5.75 Å². The van der Waals surface area contributed by atoms with Crippen LogP contribution in [0.1, 0.15) is 52.4 Å². The van der Waals surface area contributed by atoms with Crippen molar-refractivity contribution in [2.75, 3.05) is 6.54 Å². The maximum absolute atomic E-state index is 11.1. The number of aryl methyl sites for hydroxylation is 2. The number of thiocarbonyl (C=S) groups is 1. The highest BCUT2D eigenvalue weighted by molar-refractivity contribution is 7.80. The molecular formula is C26H25NO3S2. The van der Waals surface area contributed by atoms with Crippen molar-refractivity contribution in [3.8, 4) is 16.2 Å². The van der Waals surface area contributed by atoms with Gasteiger partial charge >= 0.3 is 5.97 Å². The summed E-state index contributed by atoms with van der Waals surface area (Å²) in [5.41, 5.74) is 6.46. The Hall–Kier alpha value is -2.83. The summed E-state index contributed by atoms with van der Waals surface area (Å²) in [4.78, 5) is 17.3. The van der Waals surface area contributed by atoms with E-state index in [2.05, 4.69) is 23.2 Å². The highest BCUT2D eigenvalue weighted by Crippen LogP contribution is 2.40. The van der Waals surface area contributed by atoms with Gasteiger partial charge in [0.1, 0.15) is 5.75 Å². The molecule has 2 N–H and O–H groups in total. The molecule has 0 fully saturated rings. The molecule has 0 saturated carbocycles. The van der Waals surface area contributed by atoms with E-state index >= 15 is 0 Å². The van der Waals surface area contributed by atoms with Crippen LogP contribution in [0.25, 0.3) is 10.4 Å². The average molecular weight is 464 g/mol. The van der Waals surface area contributed by atoms with Gasteiger partial charge in [-0.3, -0.25) is 4.99 Å². The van der Waals surface area contributed by atoms with Gasteiger partial charge in [-0.05, 0) is 73.1 Å². The van der Waals surface area contributed by atoms with Crippen LogP contribution in [0.4, 0.5) is 0 Å². The van der Waals surface area contributed by atoms with Gasteiger partial charge in [-0.1, -0.05) is 36.5 Å². The van der Waals surface area contributed by atoms with Crippen molar-refractivity contribution in [2.24, 2.45) is 4.99 Å². The summed E-state index contributed by atoms with van der Waals surface area (Å²) < 4.78 is 0. The SMILES string of the molecule is CC(=NCC(=S)Cc1cccc(C(=O)O)c1)c1csc(-c2ccc3c(c2)CCCC3)c1O. The van der Waals surface area contributed by atoms with Crippen molar-refractivity contribution in [1.82, 2.24) is 0 Å². The first-order chi connectivity index (χ1) is 15.4. The molecule has 3 aromatic rings. The van der Waals surface area contributed by atoms with Gasteiger partial charge in [-0.2, -0.15) is 0 Å². The molecule has 2 aromatic carbocycles. The quantitative estimate of drug-likeness (QED) is 0.327. The minimum Gasteiger partial charge on any atom is -0.506 e. The van der Waals surface area contributed by atoms with Crippen LogP contribution in [-0.2, 0) is 19.3 Å². The molecule has 164 valence electrons. The minimum atomic E-state index is -0.950. The number of carboxylic acid groups (broad SMARTS) is 1. The Labute approximate surface area is 197 Å². The van der Waals surface area contributed by atoms with E-state index in [1.54, 1.807) is 18.2 Å². The highest BCUT2D eigenvalue weighted by atomic mass is 32.1. The van der Waals surface area contributed by atoms with Crippen molar-refractivity contribution in [3.63, 3.8) is 0 Å². The number of aromatic carboxylic acids is 1. The zero-order valence-corrected chi connectivity index (χ0v) is 19.6. The van der Waals surface area contributed by atoms with Gasteiger partial charge in [-0.15, -0.1) is 11.3 Å². The summed E-state index contributed by atoms with van der Waals surface area (Å²) in [6.07, 6.45) is 5.22. The molecule has 6 heteroatoms. The molecule has 1 heterocycles. The third-order valence-electron chi connectivity index (χ3n) is 5.83. The van der Waals surface area contributed by atoms with Gasteiger partial charge in [0.15, 0.2) is 0 Å². The molecule has 0 amide bonds. The number of nitrogens with zero attached hydrogens (tertiary/aromatic N) is 1. The zero-order chi connectivity index (χ0) is 22.7. The molecule has 0 bridgehead atoms. The Morgan fingerprint density at radius 1 is 1.12 bits per heavy atom. The molecule has 0 radical (unpaired) electrons. The van der Waals surface area contributed by atoms with Crippen molar-refractivity contribution in [1.29, 1.82) is 0 Å². The van der Waals surface area contributed by atoms with E-state index in [0.29, 0.717) is 13.0 Å². The van der Waals surface area contributed by atoms with Gasteiger partial charge in [0.05, 0.1) is 17.0 Å². The molecule has 1 aromatic heterocycles. The lowest BCUT2D eigenvalue weighted by atomic mass is 9.90. The van der Waals surface area contributed by atoms with E-state index < -0.39 is 5.97 Å². The predicted octanol–water partition coefficient (Wildman–Crippen LogP) is 6.12. The molecule has 1 aliphatic carbocycles. The standard InChI is InChI=1S/C26H25NO3S2/c1-16(27-14-22(31)12-17-5-4-8-21(11-17)26(29)30)23-15-32-25(24(23)28)20-10-9-18-6-2-3-7-19(18)13-20/h4-5,8-11,13,15,28H,2-3,6-7,12,14H2,1H3,(H,29,30).